The van der Waals surface area contributed by atoms with Crippen LogP contribution in [0.25, 0.3) is 10.8 Å². The molecular weight excluding hydrogens is 807 g/mol. The number of piperazine rings is 1. The van der Waals surface area contributed by atoms with Gasteiger partial charge in [-0.3, -0.25) is 14.4 Å². The van der Waals surface area contributed by atoms with E-state index in [-0.39, 0.29) is 30.4 Å². The van der Waals surface area contributed by atoms with Crippen LogP contribution in [0.3, 0.4) is 0 Å². The summed E-state index contributed by atoms with van der Waals surface area (Å²) in [5.41, 5.74) is 8.73. The monoisotopic (exact) mass is 844 g/mol. The Kier molecular flexibility index (Phi) is 19.0. The lowest BCUT2D eigenvalue weighted by Crippen LogP contribution is -2.57. The first-order valence-electron chi connectivity index (χ1n) is 16.2. The Morgan fingerprint density at radius 2 is 1.31 bits per heavy atom. The van der Waals surface area contributed by atoms with Gasteiger partial charge in [0.05, 0.1) is 12.1 Å². The summed E-state index contributed by atoms with van der Waals surface area (Å²) in [6.45, 7) is 5.84. The Bertz CT molecular complexity index is 1840. The minimum Gasteiger partial charge on any atom is -0.475 e. The van der Waals surface area contributed by atoms with Crippen molar-refractivity contribution in [1.82, 2.24) is 21.3 Å². The van der Waals surface area contributed by atoms with Crippen molar-refractivity contribution in [2.45, 2.75) is 50.5 Å². The maximum atomic E-state index is 13.2. The standard InChI is InChI=1S/C28H34N6O3.3C2HF3O2/c1-17-10-11-20(34-27(36)24(29)15-32-28(37)25-16-30-12-13-31-25)14-23(17)26(35)33-18(2)21-9-5-7-19-6-3-4-8-22(19)21;3*3-2(4,5)1(6)7/h3-11,14,18,24-25,30-31H,12-13,15-16,29H2,1-2H3,(H,32,37)(H,33,35)(H,34,36);3*(H,6,7)/t18-,24+,25?;;;/m1.../s1. The second kappa shape index (κ2) is 22.1. The fraction of sp³-hybridized carbons (Fsp3) is 0.353. The number of aliphatic carboxylic acids is 3. The van der Waals surface area contributed by atoms with Crippen molar-refractivity contribution < 1.29 is 83.6 Å². The Hall–Kier alpha value is -6.01. The number of carboxylic acids is 3. The first kappa shape index (κ1) is 50.0. The SMILES string of the molecule is Cc1ccc(NC(=O)[C@@H](N)CNC(=O)C2CNCCN2)cc1C(=O)N[C@H](C)c1cccc2ccccc12.O=C(O)C(F)(F)F.O=C(O)C(F)(F)F.O=C(O)C(F)(F)F. The molecule has 0 bridgehead atoms. The van der Waals surface area contributed by atoms with E-state index >= 15 is 0 Å². The van der Waals surface area contributed by atoms with E-state index in [4.69, 9.17) is 35.4 Å². The second-order valence-electron chi connectivity index (χ2n) is 11.8. The number of carbonyl (C=O) groups excluding carboxylic acids is 3. The third-order valence-electron chi connectivity index (χ3n) is 7.31. The summed E-state index contributed by atoms with van der Waals surface area (Å²) in [6, 6.07) is 17.7. The van der Waals surface area contributed by atoms with Crippen LogP contribution in [0.15, 0.2) is 60.7 Å². The highest BCUT2D eigenvalue weighted by atomic mass is 19.4. The normalized spacial score (nSPS) is 14.9. The van der Waals surface area contributed by atoms with Crippen molar-refractivity contribution in [3.63, 3.8) is 0 Å². The number of nitrogens with two attached hydrogens (primary N) is 1. The Morgan fingerprint density at radius 3 is 1.81 bits per heavy atom. The molecule has 0 aliphatic carbocycles. The number of hydrogen-bond acceptors (Lipinski definition) is 9. The van der Waals surface area contributed by atoms with E-state index in [9.17, 15) is 53.9 Å². The van der Waals surface area contributed by atoms with Crippen molar-refractivity contribution >= 4 is 52.1 Å². The molecule has 3 atom stereocenters. The van der Waals surface area contributed by atoms with Gasteiger partial charge in [0.15, 0.2) is 0 Å². The minimum atomic E-state index is -5.08. The summed E-state index contributed by atoms with van der Waals surface area (Å²) in [4.78, 5) is 64.8. The average molecular weight is 845 g/mol. The van der Waals surface area contributed by atoms with E-state index < -0.39 is 48.4 Å². The van der Waals surface area contributed by atoms with Crippen LogP contribution in [0.2, 0.25) is 0 Å². The molecule has 1 unspecified atom stereocenters. The third kappa shape index (κ3) is 17.4. The molecule has 24 heteroatoms. The van der Waals surface area contributed by atoms with E-state index in [2.05, 4.69) is 26.6 Å². The van der Waals surface area contributed by atoms with Crippen LogP contribution >= 0.6 is 0 Å². The van der Waals surface area contributed by atoms with Crippen molar-refractivity contribution in [2.75, 3.05) is 31.5 Å². The number of fused-ring (bicyclic) bond motifs is 1. The number of amides is 3. The first-order chi connectivity index (χ1) is 26.7. The lowest BCUT2D eigenvalue weighted by Gasteiger charge is -2.24. The Labute approximate surface area is 322 Å². The summed E-state index contributed by atoms with van der Waals surface area (Å²) in [6.07, 6.45) is -15.3. The van der Waals surface area contributed by atoms with Crippen LogP contribution in [0.4, 0.5) is 45.2 Å². The number of alkyl halides is 9. The van der Waals surface area contributed by atoms with Gasteiger partial charge < -0.3 is 47.6 Å². The largest absolute Gasteiger partial charge is 0.490 e. The van der Waals surface area contributed by atoms with Gasteiger partial charge in [-0.2, -0.15) is 39.5 Å². The van der Waals surface area contributed by atoms with Gasteiger partial charge in [-0.05, 0) is 47.9 Å². The molecule has 4 rings (SSSR count). The van der Waals surface area contributed by atoms with Crippen molar-refractivity contribution in [2.24, 2.45) is 5.73 Å². The lowest BCUT2D eigenvalue weighted by atomic mass is 9.99. The molecule has 0 spiro atoms. The van der Waals surface area contributed by atoms with Crippen molar-refractivity contribution in [1.29, 1.82) is 0 Å². The van der Waals surface area contributed by atoms with Crippen LogP contribution in [-0.2, 0) is 24.0 Å². The molecule has 1 aliphatic rings. The van der Waals surface area contributed by atoms with Gasteiger partial charge >= 0.3 is 36.4 Å². The van der Waals surface area contributed by atoms with Gasteiger partial charge in [-0.25, -0.2) is 14.4 Å². The molecular formula is C34H37F9N6O9. The molecule has 0 aromatic heterocycles. The maximum Gasteiger partial charge on any atom is 0.490 e. The van der Waals surface area contributed by atoms with Crippen LogP contribution in [0, 0.1) is 6.92 Å². The number of carboxylic acid groups (broad SMARTS) is 3. The number of hydrogen-bond donors (Lipinski definition) is 9. The number of nitrogens with one attached hydrogen (secondary N) is 5. The van der Waals surface area contributed by atoms with Gasteiger partial charge in [0.2, 0.25) is 11.8 Å². The van der Waals surface area contributed by atoms with Gasteiger partial charge in [0.25, 0.3) is 5.91 Å². The smallest absolute Gasteiger partial charge is 0.475 e. The third-order valence-corrected chi connectivity index (χ3v) is 7.31. The average Bonchev–Trinajstić information content (AvgIpc) is 3.14. The molecule has 0 saturated carbocycles. The molecule has 3 amide bonds. The van der Waals surface area contributed by atoms with Crippen LogP contribution in [0.1, 0.15) is 34.5 Å². The second-order valence-corrected chi connectivity index (χ2v) is 11.8. The molecule has 1 saturated heterocycles. The number of rotatable bonds is 8. The fourth-order valence-electron chi connectivity index (χ4n) is 4.42. The zero-order chi connectivity index (χ0) is 44.6. The lowest BCUT2D eigenvalue weighted by molar-refractivity contribution is -0.193. The van der Waals surface area contributed by atoms with Gasteiger partial charge in [-0.1, -0.05) is 48.5 Å². The molecule has 1 aliphatic heterocycles. The fourth-order valence-corrected chi connectivity index (χ4v) is 4.42. The molecule has 0 radical (unpaired) electrons. The molecule has 3 aromatic carbocycles. The highest BCUT2D eigenvalue weighted by Crippen LogP contribution is 2.25. The predicted molar refractivity (Wildman–Crippen MR) is 186 cm³/mol. The summed E-state index contributed by atoms with van der Waals surface area (Å²) in [5, 5.41) is 38.4. The van der Waals surface area contributed by atoms with E-state index in [0.717, 1.165) is 28.4 Å². The summed E-state index contributed by atoms with van der Waals surface area (Å²) in [7, 11) is 0. The summed E-state index contributed by atoms with van der Waals surface area (Å²) in [5.74, 6) is -9.16. The minimum absolute atomic E-state index is 0.00456. The van der Waals surface area contributed by atoms with Gasteiger partial charge in [-0.15, -0.1) is 0 Å². The molecule has 15 nitrogen and oxygen atoms in total. The zero-order valence-corrected chi connectivity index (χ0v) is 30.1. The summed E-state index contributed by atoms with van der Waals surface area (Å²) < 4.78 is 95.2. The molecule has 320 valence electrons. The van der Waals surface area contributed by atoms with E-state index in [1.807, 2.05) is 56.3 Å². The van der Waals surface area contributed by atoms with Crippen LogP contribution in [-0.4, -0.2) is 108 Å². The van der Waals surface area contributed by atoms with Crippen LogP contribution in [0.5, 0.6) is 0 Å². The number of carbonyl (C=O) groups is 6. The first-order valence-corrected chi connectivity index (χ1v) is 16.2. The summed E-state index contributed by atoms with van der Waals surface area (Å²) >= 11 is 0. The maximum absolute atomic E-state index is 13.2. The molecule has 1 fully saturated rings. The highest BCUT2D eigenvalue weighted by Gasteiger charge is 2.39. The number of benzene rings is 3. The highest BCUT2D eigenvalue weighted by molar-refractivity contribution is 6.00. The molecule has 58 heavy (non-hydrogen) atoms. The number of halogens is 9. The Balaban J connectivity index is 0.000000655. The number of aryl methyl sites for hydroxylation is 1. The topological polar surface area (TPSA) is 249 Å². The van der Waals surface area contributed by atoms with Gasteiger partial charge in [0.1, 0.15) is 6.04 Å². The van der Waals surface area contributed by atoms with Gasteiger partial charge in [0, 0.05) is 37.4 Å². The van der Waals surface area contributed by atoms with E-state index in [1.54, 1.807) is 18.2 Å². The zero-order valence-electron chi connectivity index (χ0n) is 30.1. The Morgan fingerprint density at radius 1 is 0.793 bits per heavy atom. The number of anilines is 1. The van der Waals surface area contributed by atoms with Crippen molar-refractivity contribution in [3.8, 4) is 0 Å². The quantitative estimate of drug-likeness (QED) is 0.148. The molecule has 3 aromatic rings. The molecule has 1 heterocycles. The predicted octanol–water partition coefficient (Wildman–Crippen LogP) is 3.48. The molecule has 10 N–H and O–H groups in total. The van der Waals surface area contributed by atoms with E-state index in [1.165, 1.54) is 0 Å². The van der Waals surface area contributed by atoms with E-state index in [0.29, 0.717) is 24.3 Å². The van der Waals surface area contributed by atoms with Crippen LogP contribution < -0.4 is 32.3 Å². The van der Waals surface area contributed by atoms with Crippen molar-refractivity contribution in [3.05, 3.63) is 77.4 Å².